The van der Waals surface area contributed by atoms with Crippen LogP contribution >= 0.6 is 0 Å². The maximum absolute atomic E-state index is 14.8. The molecule has 2 aromatic rings. The Morgan fingerprint density at radius 2 is 1.93 bits per heavy atom. The third-order valence-electron chi connectivity index (χ3n) is 5.38. The van der Waals surface area contributed by atoms with Gasteiger partial charge >= 0.3 is 0 Å². The highest BCUT2D eigenvalue weighted by molar-refractivity contribution is 5.37. The highest BCUT2D eigenvalue weighted by Gasteiger charge is 2.37. The van der Waals surface area contributed by atoms with E-state index in [-0.39, 0.29) is 18.2 Å². The van der Waals surface area contributed by atoms with Crippen molar-refractivity contribution in [2.24, 2.45) is 0 Å². The van der Waals surface area contributed by atoms with Gasteiger partial charge in [0.05, 0.1) is 11.7 Å². The predicted molar refractivity (Wildman–Crippen MR) is 107 cm³/mol. The minimum atomic E-state index is -0.394. The van der Waals surface area contributed by atoms with Gasteiger partial charge in [-0.05, 0) is 20.8 Å². The number of ether oxygens (including phenoxy) is 3. The fraction of sp³-hybridized carbons (Fsp3) is 0.455. The second-order valence-electron chi connectivity index (χ2n) is 7.59. The molecule has 2 aliphatic rings. The van der Waals surface area contributed by atoms with Crippen LogP contribution in [0.4, 0.5) is 4.39 Å². The first-order valence-corrected chi connectivity index (χ1v) is 9.91. The van der Waals surface area contributed by atoms with Gasteiger partial charge in [-0.2, -0.15) is 0 Å². The van der Waals surface area contributed by atoms with Crippen molar-refractivity contribution in [1.29, 1.82) is 0 Å². The molecule has 1 saturated heterocycles. The third-order valence-corrected chi connectivity index (χ3v) is 5.38. The summed E-state index contributed by atoms with van der Waals surface area (Å²) in [4.78, 5) is 11.0. The lowest BCUT2D eigenvalue weighted by molar-refractivity contribution is 0.155. The second-order valence-corrected chi connectivity index (χ2v) is 7.59. The van der Waals surface area contributed by atoms with E-state index in [1.807, 2.05) is 39.0 Å². The fourth-order valence-corrected chi connectivity index (χ4v) is 4.08. The summed E-state index contributed by atoms with van der Waals surface area (Å²) in [5, 5.41) is 0. The molecule has 6 nitrogen and oxygen atoms in total. The van der Waals surface area contributed by atoms with Gasteiger partial charge in [-0.3, -0.25) is 9.88 Å². The molecule has 1 fully saturated rings. The van der Waals surface area contributed by atoms with Crippen molar-refractivity contribution in [3.63, 3.8) is 0 Å². The van der Waals surface area contributed by atoms with E-state index >= 15 is 0 Å². The Morgan fingerprint density at radius 3 is 2.66 bits per heavy atom. The number of hydrogen-bond acceptors (Lipinski definition) is 6. The van der Waals surface area contributed by atoms with Crippen molar-refractivity contribution in [3.05, 3.63) is 53.8 Å². The SMILES string of the molecule is C=C[C@H]1C[C@@H](Oc2cc(C)nc(C)c2)CN1[C@H](C)c1nc2c(cc1F)OCCO2. The quantitative estimate of drug-likeness (QED) is 0.714. The Labute approximate surface area is 170 Å². The van der Waals surface area contributed by atoms with Crippen LogP contribution in [0.5, 0.6) is 17.4 Å². The Hall–Kier alpha value is -2.67. The molecule has 0 radical (unpaired) electrons. The number of halogens is 1. The lowest BCUT2D eigenvalue weighted by Crippen LogP contribution is -2.33. The summed E-state index contributed by atoms with van der Waals surface area (Å²) in [7, 11) is 0. The molecule has 154 valence electrons. The highest BCUT2D eigenvalue weighted by Crippen LogP contribution is 2.36. The molecule has 29 heavy (non-hydrogen) atoms. The van der Waals surface area contributed by atoms with Crippen LogP contribution in [0.3, 0.4) is 0 Å². The molecule has 0 unspecified atom stereocenters. The van der Waals surface area contributed by atoms with Crippen molar-refractivity contribution in [3.8, 4) is 17.4 Å². The molecule has 0 aromatic carbocycles. The Balaban J connectivity index is 1.53. The Morgan fingerprint density at radius 1 is 1.21 bits per heavy atom. The van der Waals surface area contributed by atoms with Gasteiger partial charge in [-0.1, -0.05) is 6.08 Å². The topological polar surface area (TPSA) is 56.7 Å². The normalized spacial score (nSPS) is 22.3. The molecule has 0 saturated carbocycles. The molecule has 0 bridgehead atoms. The van der Waals surface area contributed by atoms with Crippen molar-refractivity contribution in [1.82, 2.24) is 14.9 Å². The van der Waals surface area contributed by atoms with Crippen LogP contribution in [0.2, 0.25) is 0 Å². The van der Waals surface area contributed by atoms with Gasteiger partial charge in [0, 0.05) is 48.6 Å². The lowest BCUT2D eigenvalue weighted by atomic mass is 10.1. The summed E-state index contributed by atoms with van der Waals surface area (Å²) in [6, 6.07) is 5.04. The second kappa shape index (κ2) is 7.99. The average Bonchev–Trinajstić information content (AvgIpc) is 3.09. The molecule has 0 amide bonds. The van der Waals surface area contributed by atoms with Crippen LogP contribution in [0.15, 0.2) is 30.9 Å². The summed E-state index contributed by atoms with van der Waals surface area (Å²) in [5.74, 6) is 1.12. The minimum absolute atomic E-state index is 0.0260. The highest BCUT2D eigenvalue weighted by atomic mass is 19.1. The zero-order chi connectivity index (χ0) is 20.5. The van der Waals surface area contributed by atoms with Crippen molar-refractivity contribution in [2.45, 2.75) is 45.4 Å². The molecule has 4 rings (SSSR count). The van der Waals surface area contributed by atoms with E-state index in [0.29, 0.717) is 37.1 Å². The van der Waals surface area contributed by atoms with E-state index in [4.69, 9.17) is 14.2 Å². The molecule has 2 aromatic heterocycles. The van der Waals surface area contributed by atoms with Crippen LogP contribution in [0.25, 0.3) is 0 Å². The van der Waals surface area contributed by atoms with E-state index in [1.165, 1.54) is 6.07 Å². The van der Waals surface area contributed by atoms with Gasteiger partial charge in [-0.15, -0.1) is 6.58 Å². The van der Waals surface area contributed by atoms with Gasteiger partial charge in [0.2, 0.25) is 0 Å². The molecule has 0 aliphatic carbocycles. The largest absolute Gasteiger partial charge is 0.489 e. The summed E-state index contributed by atoms with van der Waals surface area (Å²) in [6.45, 7) is 11.3. The monoisotopic (exact) mass is 399 g/mol. The van der Waals surface area contributed by atoms with Crippen LogP contribution in [0.1, 0.15) is 36.5 Å². The van der Waals surface area contributed by atoms with Crippen molar-refractivity contribution in [2.75, 3.05) is 19.8 Å². The lowest BCUT2D eigenvalue weighted by Gasteiger charge is -2.29. The average molecular weight is 399 g/mol. The maximum Gasteiger partial charge on any atom is 0.257 e. The Kier molecular flexibility index (Phi) is 5.41. The molecule has 2 aliphatic heterocycles. The number of aryl methyl sites for hydroxylation is 2. The summed E-state index contributed by atoms with van der Waals surface area (Å²) in [5.41, 5.74) is 2.19. The van der Waals surface area contributed by atoms with E-state index < -0.39 is 5.82 Å². The number of pyridine rings is 2. The van der Waals surface area contributed by atoms with E-state index in [9.17, 15) is 4.39 Å². The fourth-order valence-electron chi connectivity index (χ4n) is 4.08. The third kappa shape index (κ3) is 4.05. The van der Waals surface area contributed by atoms with Crippen LogP contribution in [-0.4, -0.2) is 46.8 Å². The number of hydrogen-bond donors (Lipinski definition) is 0. The molecular weight excluding hydrogens is 373 g/mol. The van der Waals surface area contributed by atoms with Gasteiger partial charge < -0.3 is 14.2 Å². The van der Waals surface area contributed by atoms with Crippen LogP contribution in [0, 0.1) is 19.7 Å². The minimum Gasteiger partial charge on any atom is -0.489 e. The maximum atomic E-state index is 14.8. The summed E-state index contributed by atoms with van der Waals surface area (Å²) < 4.78 is 31.9. The van der Waals surface area contributed by atoms with Crippen LogP contribution in [-0.2, 0) is 0 Å². The molecular formula is C22H26FN3O3. The summed E-state index contributed by atoms with van der Waals surface area (Å²) >= 11 is 0. The first kappa shape index (κ1) is 19.6. The van der Waals surface area contributed by atoms with Crippen molar-refractivity contribution < 1.29 is 18.6 Å². The van der Waals surface area contributed by atoms with Crippen LogP contribution < -0.4 is 14.2 Å². The molecule has 7 heteroatoms. The molecule has 0 spiro atoms. The zero-order valence-corrected chi connectivity index (χ0v) is 17.0. The molecule has 0 N–H and O–H groups in total. The number of likely N-dealkylation sites (tertiary alicyclic amines) is 1. The number of fused-ring (bicyclic) bond motifs is 1. The molecule has 3 atom stereocenters. The first-order chi connectivity index (χ1) is 13.9. The standard InChI is InChI=1S/C22H26FN3O3/c1-5-16-10-18(29-17-8-13(2)24-14(3)9-17)12-26(16)15(4)21-19(23)11-20-22(25-21)28-7-6-27-20/h5,8-9,11,15-16,18H,1,6-7,10,12H2,2-4H3/t15-,16+,18-/m1/s1. The van der Waals surface area contributed by atoms with Gasteiger partial charge in [0.15, 0.2) is 5.75 Å². The zero-order valence-electron chi connectivity index (χ0n) is 17.0. The van der Waals surface area contributed by atoms with E-state index in [0.717, 1.165) is 23.6 Å². The van der Waals surface area contributed by atoms with E-state index in [2.05, 4.69) is 21.4 Å². The van der Waals surface area contributed by atoms with E-state index in [1.54, 1.807) is 0 Å². The Bertz CT molecular complexity index is 900. The first-order valence-electron chi connectivity index (χ1n) is 9.91. The van der Waals surface area contributed by atoms with Gasteiger partial charge in [-0.25, -0.2) is 9.37 Å². The molecule has 4 heterocycles. The number of aromatic nitrogens is 2. The van der Waals surface area contributed by atoms with Gasteiger partial charge in [0.1, 0.15) is 30.9 Å². The number of rotatable bonds is 5. The number of nitrogens with zero attached hydrogens (tertiary/aromatic N) is 3. The van der Waals surface area contributed by atoms with Crippen molar-refractivity contribution >= 4 is 0 Å². The summed E-state index contributed by atoms with van der Waals surface area (Å²) in [6.07, 6.45) is 2.64. The predicted octanol–water partition coefficient (Wildman–Crippen LogP) is 3.77. The van der Waals surface area contributed by atoms with Gasteiger partial charge in [0.25, 0.3) is 5.88 Å². The smallest absolute Gasteiger partial charge is 0.257 e.